The summed E-state index contributed by atoms with van der Waals surface area (Å²) < 4.78 is 10.6. The van der Waals surface area contributed by atoms with Gasteiger partial charge in [-0.1, -0.05) is 42.5 Å². The van der Waals surface area contributed by atoms with Gasteiger partial charge in [-0.25, -0.2) is 0 Å². The van der Waals surface area contributed by atoms with Crippen LogP contribution in [0.25, 0.3) is 0 Å². The first-order valence-corrected chi connectivity index (χ1v) is 7.37. The highest BCUT2D eigenvalue weighted by atomic mass is 35.5. The van der Waals surface area contributed by atoms with E-state index in [1.165, 1.54) is 0 Å². The van der Waals surface area contributed by atoms with Crippen molar-refractivity contribution in [1.82, 2.24) is 0 Å². The predicted octanol–water partition coefficient (Wildman–Crippen LogP) is 3.12. The van der Waals surface area contributed by atoms with Crippen LogP contribution in [-0.2, 0) is 22.6 Å². The third kappa shape index (κ3) is 6.30. The lowest BCUT2D eigenvalue weighted by molar-refractivity contribution is -0.144. The number of carbonyl (C=O) groups is 1. The highest BCUT2D eigenvalue weighted by Crippen LogP contribution is 2.15. The van der Waals surface area contributed by atoms with Gasteiger partial charge in [0.2, 0.25) is 0 Å². The molecule has 2 rings (SSSR count). The molecule has 124 valence electrons. The summed E-state index contributed by atoms with van der Waals surface area (Å²) in [4.78, 5) is 11.5. The number of nitrogens with two attached hydrogens (primary N) is 1. The molecule has 4 nitrogen and oxygen atoms in total. The zero-order valence-electron chi connectivity index (χ0n) is 13.1. The molecule has 0 heterocycles. The van der Waals surface area contributed by atoms with Gasteiger partial charge in [0.25, 0.3) is 0 Å². The van der Waals surface area contributed by atoms with Gasteiger partial charge in [0.05, 0.1) is 6.61 Å². The van der Waals surface area contributed by atoms with Crippen LogP contribution in [0, 0.1) is 0 Å². The smallest absolute Gasteiger partial charge is 0.323 e. The van der Waals surface area contributed by atoms with E-state index >= 15 is 0 Å². The summed E-state index contributed by atoms with van der Waals surface area (Å²) >= 11 is 0. The summed E-state index contributed by atoms with van der Waals surface area (Å²) in [6.07, 6.45) is 0.456. The molecule has 0 saturated heterocycles. The van der Waals surface area contributed by atoms with Crippen molar-refractivity contribution in [3.63, 3.8) is 0 Å². The summed E-state index contributed by atoms with van der Waals surface area (Å²) in [6, 6.07) is 17.0. The monoisotopic (exact) mass is 335 g/mol. The molecule has 1 unspecified atom stereocenters. The van der Waals surface area contributed by atoms with Crippen LogP contribution in [0.15, 0.2) is 54.6 Å². The molecule has 0 fully saturated rings. The average molecular weight is 336 g/mol. The van der Waals surface area contributed by atoms with Gasteiger partial charge in [0.1, 0.15) is 18.4 Å². The Morgan fingerprint density at radius 2 is 1.70 bits per heavy atom. The summed E-state index contributed by atoms with van der Waals surface area (Å²) in [5.41, 5.74) is 7.90. The molecule has 0 aromatic heterocycles. The number of hydrogen-bond donors (Lipinski definition) is 1. The molecule has 2 aromatic carbocycles. The highest BCUT2D eigenvalue weighted by molar-refractivity contribution is 5.85. The van der Waals surface area contributed by atoms with Crippen molar-refractivity contribution in [3.05, 3.63) is 65.7 Å². The topological polar surface area (TPSA) is 61.5 Å². The molecule has 0 radical (unpaired) electrons. The fourth-order valence-corrected chi connectivity index (χ4v) is 2.05. The zero-order chi connectivity index (χ0) is 15.8. The van der Waals surface area contributed by atoms with E-state index in [0.29, 0.717) is 19.6 Å². The average Bonchev–Trinajstić information content (AvgIpc) is 2.55. The number of benzene rings is 2. The quantitative estimate of drug-likeness (QED) is 0.790. The minimum atomic E-state index is -0.629. The lowest BCUT2D eigenvalue weighted by atomic mass is 10.1. The van der Waals surface area contributed by atoms with E-state index in [9.17, 15) is 4.79 Å². The maximum atomic E-state index is 11.5. The molecule has 0 aliphatic heterocycles. The van der Waals surface area contributed by atoms with E-state index in [2.05, 4.69) is 0 Å². The first-order chi connectivity index (χ1) is 10.7. The Kier molecular flexibility index (Phi) is 8.16. The van der Waals surface area contributed by atoms with Crippen LogP contribution in [0.1, 0.15) is 18.1 Å². The Bertz CT molecular complexity index is 587. The lowest BCUT2D eigenvalue weighted by Gasteiger charge is -2.11. The van der Waals surface area contributed by atoms with E-state index in [4.69, 9.17) is 15.2 Å². The van der Waals surface area contributed by atoms with E-state index in [1.807, 2.05) is 54.6 Å². The van der Waals surface area contributed by atoms with Crippen molar-refractivity contribution in [2.45, 2.75) is 26.0 Å². The molecule has 0 saturated carbocycles. The van der Waals surface area contributed by atoms with E-state index in [0.717, 1.165) is 16.9 Å². The summed E-state index contributed by atoms with van der Waals surface area (Å²) in [5, 5.41) is 0. The van der Waals surface area contributed by atoms with Gasteiger partial charge >= 0.3 is 5.97 Å². The molecule has 1 atom stereocenters. The summed E-state index contributed by atoms with van der Waals surface area (Å²) in [5.74, 6) is 0.421. The van der Waals surface area contributed by atoms with Crippen LogP contribution < -0.4 is 10.5 Å². The second-order valence-corrected chi connectivity index (χ2v) is 4.98. The van der Waals surface area contributed by atoms with Crippen LogP contribution in [0.2, 0.25) is 0 Å². The SMILES string of the molecule is CCOC(=O)C(N)Cc1ccc(OCc2ccccc2)cc1.Cl. The van der Waals surface area contributed by atoms with E-state index in [1.54, 1.807) is 6.92 Å². The third-order valence-electron chi connectivity index (χ3n) is 3.22. The van der Waals surface area contributed by atoms with Crippen molar-refractivity contribution >= 4 is 18.4 Å². The Balaban J connectivity index is 0.00000264. The minimum absolute atomic E-state index is 0. The molecular weight excluding hydrogens is 314 g/mol. The Labute approximate surface area is 143 Å². The van der Waals surface area contributed by atoms with Crippen molar-refractivity contribution in [1.29, 1.82) is 0 Å². The van der Waals surface area contributed by atoms with Crippen LogP contribution in [-0.4, -0.2) is 18.6 Å². The maximum absolute atomic E-state index is 11.5. The molecule has 2 N–H and O–H groups in total. The number of esters is 1. The number of carbonyl (C=O) groups excluding carboxylic acids is 1. The molecule has 2 aromatic rings. The normalized spacial score (nSPS) is 11.2. The van der Waals surface area contributed by atoms with Gasteiger partial charge in [0.15, 0.2) is 0 Å². The van der Waals surface area contributed by atoms with Gasteiger partial charge in [-0.2, -0.15) is 0 Å². The first kappa shape index (κ1) is 19.0. The fourth-order valence-electron chi connectivity index (χ4n) is 2.05. The Hall–Kier alpha value is -2.04. The molecule has 23 heavy (non-hydrogen) atoms. The molecule has 5 heteroatoms. The lowest BCUT2D eigenvalue weighted by Crippen LogP contribution is -2.34. The third-order valence-corrected chi connectivity index (χ3v) is 3.22. The number of rotatable bonds is 7. The summed E-state index contributed by atoms with van der Waals surface area (Å²) in [7, 11) is 0. The van der Waals surface area contributed by atoms with Gasteiger partial charge in [-0.05, 0) is 36.6 Å². The minimum Gasteiger partial charge on any atom is -0.489 e. The molecule has 0 aliphatic rings. The highest BCUT2D eigenvalue weighted by Gasteiger charge is 2.14. The molecule has 0 spiro atoms. The van der Waals surface area contributed by atoms with Crippen molar-refractivity contribution in [2.75, 3.05) is 6.61 Å². The van der Waals surface area contributed by atoms with Crippen LogP contribution >= 0.6 is 12.4 Å². The second-order valence-electron chi connectivity index (χ2n) is 4.98. The van der Waals surface area contributed by atoms with Gasteiger partial charge < -0.3 is 15.2 Å². The van der Waals surface area contributed by atoms with Crippen LogP contribution in [0.4, 0.5) is 0 Å². The standard InChI is InChI=1S/C18H21NO3.ClH/c1-2-21-18(20)17(19)12-14-8-10-16(11-9-14)22-13-15-6-4-3-5-7-15;/h3-11,17H,2,12-13,19H2,1H3;1H. The van der Waals surface area contributed by atoms with Crippen molar-refractivity contribution in [2.24, 2.45) is 5.73 Å². The van der Waals surface area contributed by atoms with Crippen LogP contribution in [0.5, 0.6) is 5.75 Å². The molecular formula is C18H22ClNO3. The van der Waals surface area contributed by atoms with Gasteiger partial charge in [-0.15, -0.1) is 12.4 Å². The molecule has 0 amide bonds. The largest absolute Gasteiger partial charge is 0.489 e. The summed E-state index contributed by atoms with van der Waals surface area (Å²) in [6.45, 7) is 2.64. The van der Waals surface area contributed by atoms with E-state index < -0.39 is 6.04 Å². The fraction of sp³-hybridized carbons (Fsp3) is 0.278. The molecule has 0 bridgehead atoms. The Morgan fingerprint density at radius 1 is 1.04 bits per heavy atom. The second kappa shape index (κ2) is 9.87. The number of hydrogen-bond acceptors (Lipinski definition) is 4. The van der Waals surface area contributed by atoms with Crippen molar-refractivity contribution in [3.8, 4) is 5.75 Å². The van der Waals surface area contributed by atoms with Crippen molar-refractivity contribution < 1.29 is 14.3 Å². The van der Waals surface area contributed by atoms with Gasteiger partial charge in [-0.3, -0.25) is 4.79 Å². The zero-order valence-corrected chi connectivity index (χ0v) is 13.9. The Morgan fingerprint density at radius 3 is 2.30 bits per heavy atom. The maximum Gasteiger partial charge on any atom is 0.323 e. The van der Waals surface area contributed by atoms with Gasteiger partial charge in [0, 0.05) is 0 Å². The van der Waals surface area contributed by atoms with E-state index in [-0.39, 0.29) is 18.4 Å². The number of halogens is 1. The number of ether oxygens (including phenoxy) is 2. The molecule has 0 aliphatic carbocycles. The first-order valence-electron chi connectivity index (χ1n) is 7.37. The van der Waals surface area contributed by atoms with Crippen LogP contribution in [0.3, 0.4) is 0 Å². The predicted molar refractivity (Wildman–Crippen MR) is 92.8 cm³/mol.